The topological polar surface area (TPSA) is 227 Å². The number of esters is 2. The predicted octanol–water partition coefficient (Wildman–Crippen LogP) is 1.61. The van der Waals surface area contributed by atoms with Gasteiger partial charge in [-0.3, -0.25) is 14.1 Å². The highest BCUT2D eigenvalue weighted by Gasteiger charge is 2.24. The minimum atomic E-state index is -3.67. The number of hydrogen-bond donors (Lipinski definition) is 4. The maximum Gasteiger partial charge on any atom is 0.337 e. The lowest BCUT2D eigenvalue weighted by Crippen LogP contribution is -2.31. The maximum absolute atomic E-state index is 12.6. The van der Waals surface area contributed by atoms with Crippen molar-refractivity contribution >= 4 is 56.2 Å². The largest absolute Gasteiger partial charge is 0.465 e. The number of imidazole rings is 1. The summed E-state index contributed by atoms with van der Waals surface area (Å²) in [5.41, 5.74) is 0.985. The zero-order valence-electron chi connectivity index (χ0n) is 20.5. The van der Waals surface area contributed by atoms with E-state index in [1.807, 2.05) is 0 Å². The number of benzene rings is 2. The van der Waals surface area contributed by atoms with Crippen molar-refractivity contribution in [2.45, 2.75) is 13.0 Å². The number of ether oxygens (including phenoxy) is 2. The molecule has 16 heteroatoms. The molecule has 0 saturated heterocycles. The van der Waals surface area contributed by atoms with Crippen molar-refractivity contribution < 1.29 is 41.6 Å². The predicted molar refractivity (Wildman–Crippen MR) is 133 cm³/mol. The second-order valence-electron chi connectivity index (χ2n) is 7.54. The van der Waals surface area contributed by atoms with Gasteiger partial charge in [0.25, 0.3) is 16.0 Å². The van der Waals surface area contributed by atoms with Crippen LogP contribution in [0.15, 0.2) is 51.4 Å². The lowest BCUT2D eigenvalue weighted by molar-refractivity contribution is -0.126. The van der Waals surface area contributed by atoms with Gasteiger partial charge in [0, 0.05) is 5.69 Å². The molecule has 3 rings (SSSR count). The lowest BCUT2D eigenvalue weighted by atomic mass is 10.1. The number of aromatic nitrogens is 2. The number of anilines is 1. The molecule has 1 unspecified atom stereocenters. The summed E-state index contributed by atoms with van der Waals surface area (Å²) < 4.78 is 35.2. The first kappa shape index (κ1) is 29.5. The van der Waals surface area contributed by atoms with E-state index in [9.17, 15) is 32.4 Å². The van der Waals surface area contributed by atoms with Crippen LogP contribution in [0.3, 0.4) is 0 Å². The number of fused-ring (bicyclic) bond motifs is 1. The summed E-state index contributed by atoms with van der Waals surface area (Å²) in [5.74, 6) is -2.81. The standard InChI is InChI=1S/C21H19N5O7.CH4O3S/c1-10(27)17(18(28)22-13-4-5-15-16(9-13)24-21(31)23-15)26-25-14-7-11(19(29)32-2)6-12(8-14)20(30)33-3;1-5(2,3)4/h4-9,17H,1-3H3,(H,22,28)(H2,23,24,31);1H3,(H,2,3,4). The van der Waals surface area contributed by atoms with E-state index < -0.39 is 45.5 Å². The Balaban J connectivity index is 0.000000926. The quantitative estimate of drug-likeness (QED) is 0.144. The normalized spacial score (nSPS) is 11.8. The molecule has 0 fully saturated rings. The van der Waals surface area contributed by atoms with Crippen molar-refractivity contribution in [3.8, 4) is 0 Å². The Labute approximate surface area is 215 Å². The van der Waals surface area contributed by atoms with Crippen LogP contribution < -0.4 is 11.0 Å². The molecule has 15 nitrogen and oxygen atoms in total. The molecule has 4 N–H and O–H groups in total. The molecular weight excluding hydrogens is 526 g/mol. The molecular formula is C22H23N5O10S. The number of hydrogen-bond acceptors (Lipinski definition) is 11. The number of azo groups is 1. The Morgan fingerprint density at radius 3 is 1.97 bits per heavy atom. The van der Waals surface area contributed by atoms with Crippen molar-refractivity contribution in [3.63, 3.8) is 0 Å². The summed E-state index contributed by atoms with van der Waals surface area (Å²) in [4.78, 5) is 65.0. The van der Waals surface area contributed by atoms with Gasteiger partial charge >= 0.3 is 17.6 Å². The number of Topliss-reactive ketones (excluding diaryl/α,β-unsaturated/α-hetero) is 1. The highest BCUT2D eigenvalue weighted by molar-refractivity contribution is 7.85. The third-order valence-corrected chi connectivity index (χ3v) is 4.47. The Hall–Kier alpha value is -4.70. The van der Waals surface area contributed by atoms with E-state index in [1.54, 1.807) is 12.1 Å². The number of H-pyrrole nitrogens is 2. The van der Waals surface area contributed by atoms with Crippen LogP contribution in [0.5, 0.6) is 0 Å². The SMILES string of the molecule is COC(=O)c1cc(N=NC(C(C)=O)C(=O)Nc2ccc3[nH]c(=O)[nH]c3c2)cc(C(=O)OC)c1.CS(=O)(=O)O. The van der Waals surface area contributed by atoms with Gasteiger partial charge in [-0.25, -0.2) is 14.4 Å². The van der Waals surface area contributed by atoms with Crippen molar-refractivity contribution in [1.29, 1.82) is 0 Å². The maximum atomic E-state index is 12.6. The van der Waals surface area contributed by atoms with Crippen LogP contribution >= 0.6 is 0 Å². The van der Waals surface area contributed by atoms with Gasteiger partial charge in [0.2, 0.25) is 6.04 Å². The highest BCUT2D eigenvalue weighted by Crippen LogP contribution is 2.21. The van der Waals surface area contributed by atoms with Crippen molar-refractivity contribution in [3.05, 3.63) is 58.0 Å². The van der Waals surface area contributed by atoms with Gasteiger partial charge in [0.1, 0.15) is 0 Å². The van der Waals surface area contributed by atoms with E-state index in [4.69, 9.17) is 4.55 Å². The summed E-state index contributed by atoms with van der Waals surface area (Å²) in [7, 11) is -1.32. The van der Waals surface area contributed by atoms with E-state index in [-0.39, 0.29) is 16.8 Å². The molecule has 0 saturated carbocycles. The number of rotatable bonds is 7. The average molecular weight is 550 g/mol. The highest BCUT2D eigenvalue weighted by atomic mass is 32.2. The Morgan fingerprint density at radius 1 is 0.947 bits per heavy atom. The summed E-state index contributed by atoms with van der Waals surface area (Å²) >= 11 is 0. The summed E-state index contributed by atoms with van der Waals surface area (Å²) in [6.45, 7) is 1.17. The van der Waals surface area contributed by atoms with Crippen LogP contribution in [0, 0.1) is 0 Å². The fourth-order valence-electron chi connectivity index (χ4n) is 2.90. The number of carbonyl (C=O) groups excluding carboxylic acids is 4. The van der Waals surface area contributed by atoms with Crippen LogP contribution in [0.1, 0.15) is 27.6 Å². The van der Waals surface area contributed by atoms with Gasteiger partial charge in [0.15, 0.2) is 5.78 Å². The summed E-state index contributed by atoms with van der Waals surface area (Å²) in [5, 5.41) is 10.2. The number of aromatic amines is 2. The van der Waals surface area contributed by atoms with E-state index >= 15 is 0 Å². The first-order valence-corrected chi connectivity index (χ1v) is 12.2. The number of methoxy groups -OCH3 is 2. The molecule has 0 aliphatic carbocycles. The van der Waals surface area contributed by atoms with E-state index in [0.29, 0.717) is 23.0 Å². The molecule has 1 heterocycles. The zero-order chi connectivity index (χ0) is 28.6. The molecule has 1 aromatic heterocycles. The monoisotopic (exact) mass is 549 g/mol. The zero-order valence-corrected chi connectivity index (χ0v) is 21.3. The first-order valence-electron chi connectivity index (χ1n) is 10.4. The number of nitrogens with one attached hydrogen (secondary N) is 3. The Kier molecular flexibility index (Phi) is 9.72. The molecule has 3 aromatic rings. The molecule has 0 aliphatic rings. The minimum absolute atomic E-state index is 0.00646. The smallest absolute Gasteiger partial charge is 0.337 e. The lowest BCUT2D eigenvalue weighted by Gasteiger charge is -2.10. The van der Waals surface area contributed by atoms with Gasteiger partial charge in [-0.2, -0.15) is 18.6 Å². The molecule has 1 amide bonds. The van der Waals surface area contributed by atoms with Crippen LogP contribution in [0.4, 0.5) is 11.4 Å². The molecule has 1 atom stereocenters. The third-order valence-electron chi connectivity index (χ3n) is 4.47. The second kappa shape index (κ2) is 12.5. The fourth-order valence-corrected chi connectivity index (χ4v) is 2.90. The third kappa shape index (κ3) is 8.75. The van der Waals surface area contributed by atoms with E-state index in [1.165, 1.54) is 45.4 Å². The number of amides is 1. The van der Waals surface area contributed by atoms with Crippen LogP contribution in [0.25, 0.3) is 11.0 Å². The van der Waals surface area contributed by atoms with Crippen molar-refractivity contribution in [2.75, 3.05) is 25.8 Å². The van der Waals surface area contributed by atoms with E-state index in [0.717, 1.165) is 0 Å². The molecule has 0 spiro atoms. The number of ketones is 1. The van der Waals surface area contributed by atoms with Crippen LogP contribution in [-0.2, 0) is 29.2 Å². The van der Waals surface area contributed by atoms with Crippen LogP contribution in [0.2, 0.25) is 0 Å². The van der Waals surface area contributed by atoms with Gasteiger partial charge in [-0.1, -0.05) is 0 Å². The average Bonchev–Trinajstić information content (AvgIpc) is 3.20. The van der Waals surface area contributed by atoms with Crippen LogP contribution in [-0.4, -0.2) is 73.1 Å². The number of carbonyl (C=O) groups is 4. The molecule has 202 valence electrons. The Morgan fingerprint density at radius 2 is 1.47 bits per heavy atom. The van der Waals surface area contributed by atoms with Gasteiger partial charge in [0.05, 0.1) is 48.3 Å². The molecule has 38 heavy (non-hydrogen) atoms. The molecule has 0 bridgehead atoms. The van der Waals surface area contributed by atoms with Crippen molar-refractivity contribution in [2.24, 2.45) is 10.2 Å². The summed E-state index contributed by atoms with van der Waals surface area (Å²) in [6.07, 6.45) is 0.715. The molecule has 0 aliphatic heterocycles. The fraction of sp³-hybridized carbons (Fsp3) is 0.227. The van der Waals surface area contributed by atoms with Gasteiger partial charge < -0.3 is 24.8 Å². The van der Waals surface area contributed by atoms with Crippen molar-refractivity contribution in [1.82, 2.24) is 9.97 Å². The minimum Gasteiger partial charge on any atom is -0.465 e. The van der Waals surface area contributed by atoms with Gasteiger partial charge in [-0.15, -0.1) is 0 Å². The second-order valence-corrected chi connectivity index (χ2v) is 9.01. The molecule has 0 radical (unpaired) electrons. The first-order chi connectivity index (χ1) is 17.7. The van der Waals surface area contributed by atoms with E-state index in [2.05, 4.69) is 35.0 Å². The van der Waals surface area contributed by atoms with Gasteiger partial charge in [-0.05, 0) is 43.3 Å². The number of nitrogens with zero attached hydrogens (tertiary/aromatic N) is 2. The Bertz CT molecular complexity index is 1530. The molecule has 2 aromatic carbocycles. The summed E-state index contributed by atoms with van der Waals surface area (Å²) in [6, 6.07) is 6.96.